The second kappa shape index (κ2) is 12.6. The summed E-state index contributed by atoms with van der Waals surface area (Å²) in [7, 11) is 0. The molecule has 53 heavy (non-hydrogen) atoms. The zero-order valence-electron chi connectivity index (χ0n) is 31.9. The van der Waals surface area contributed by atoms with Crippen LogP contribution in [-0.2, 0) is 17.5 Å². The van der Waals surface area contributed by atoms with Gasteiger partial charge >= 0.3 is 0 Å². The van der Waals surface area contributed by atoms with E-state index in [4.69, 9.17) is 4.42 Å². The number of aryl methyl sites for hydroxylation is 4. The Labute approximate surface area is 313 Å². The first kappa shape index (κ1) is 33.4. The molecule has 8 aromatic rings. The summed E-state index contributed by atoms with van der Waals surface area (Å²) in [6.45, 7) is 15.0. The molecule has 4 heteroatoms. The molecule has 9 rings (SSSR count). The quantitative estimate of drug-likeness (QED) is 0.145. The largest absolute Gasteiger partial charge is 0.455 e. The van der Waals surface area contributed by atoms with Crippen LogP contribution in [0.25, 0.3) is 61.3 Å². The first-order valence-electron chi connectivity index (χ1n) is 19.4. The molecule has 0 amide bonds. The Kier molecular flexibility index (Phi) is 7.92. The van der Waals surface area contributed by atoms with Crippen LogP contribution in [-0.4, -0.2) is 4.57 Å². The fourth-order valence-electron chi connectivity index (χ4n) is 10.2. The third-order valence-corrected chi connectivity index (χ3v) is 12.9. The molecular weight excluding hydrogens is 647 g/mol. The zero-order chi connectivity index (χ0) is 36.5. The Hall–Kier alpha value is -5.48. The van der Waals surface area contributed by atoms with Gasteiger partial charge in [-0.15, -0.1) is 0 Å². The summed E-state index contributed by atoms with van der Waals surface area (Å²) in [5, 5.41) is 2.34. The molecule has 0 aliphatic carbocycles. The molecule has 1 aliphatic rings. The monoisotopic (exact) mass is 695 g/mol. The van der Waals surface area contributed by atoms with Gasteiger partial charge in [0.05, 0.1) is 11.1 Å². The van der Waals surface area contributed by atoms with Crippen molar-refractivity contribution in [1.82, 2.24) is 4.57 Å². The third kappa shape index (κ3) is 4.74. The molecule has 264 valence electrons. The minimum atomic E-state index is -0.170. The molecular formula is C49H49N3O+2. The first-order chi connectivity index (χ1) is 25.8. The highest BCUT2D eigenvalue weighted by Gasteiger charge is 2.59. The van der Waals surface area contributed by atoms with Crippen LogP contribution < -0.4 is 9.13 Å². The number of hydrogen-bond acceptors (Lipinski definition) is 1. The van der Waals surface area contributed by atoms with Crippen LogP contribution in [0.4, 0.5) is 0 Å². The average molecular weight is 696 g/mol. The van der Waals surface area contributed by atoms with Crippen LogP contribution in [0.2, 0.25) is 0 Å². The van der Waals surface area contributed by atoms with Gasteiger partial charge in [0.25, 0.3) is 5.82 Å². The highest BCUT2D eigenvalue weighted by Crippen LogP contribution is 2.53. The van der Waals surface area contributed by atoms with Crippen LogP contribution in [0.15, 0.2) is 132 Å². The Bertz CT molecular complexity index is 2680. The SMILES string of the molecule is CCC1(C)c2ccccc2-c2n(-c3c(C)cccc3C)c3ccccc3[n+]2C1(CC)CCC[n+]1ccccc1-c1c(C)ccc2c1oc1ccccc12. The lowest BCUT2D eigenvalue weighted by molar-refractivity contribution is -0.750. The number of hydrogen-bond donors (Lipinski definition) is 0. The summed E-state index contributed by atoms with van der Waals surface area (Å²) < 4.78 is 14.4. The number of pyridine rings is 1. The van der Waals surface area contributed by atoms with Crippen molar-refractivity contribution in [2.75, 3.05) is 0 Å². The van der Waals surface area contributed by atoms with Gasteiger partial charge in [-0.2, -0.15) is 9.13 Å². The fourth-order valence-corrected chi connectivity index (χ4v) is 10.2. The molecule has 0 saturated carbocycles. The van der Waals surface area contributed by atoms with E-state index in [9.17, 15) is 0 Å². The van der Waals surface area contributed by atoms with Gasteiger partial charge in [-0.1, -0.05) is 99.6 Å². The van der Waals surface area contributed by atoms with Crippen molar-refractivity contribution in [3.8, 4) is 28.3 Å². The maximum absolute atomic E-state index is 6.60. The van der Waals surface area contributed by atoms with Crippen molar-refractivity contribution in [3.63, 3.8) is 0 Å². The van der Waals surface area contributed by atoms with Crippen molar-refractivity contribution in [1.29, 1.82) is 0 Å². The topological polar surface area (TPSA) is 25.8 Å². The average Bonchev–Trinajstić information content (AvgIpc) is 3.73. The minimum absolute atomic E-state index is 0.0909. The van der Waals surface area contributed by atoms with Crippen LogP contribution in [0, 0.1) is 20.8 Å². The zero-order valence-corrected chi connectivity index (χ0v) is 31.9. The summed E-state index contributed by atoms with van der Waals surface area (Å²) in [6, 6.07) is 44.5. The molecule has 0 N–H and O–H groups in total. The van der Waals surface area contributed by atoms with Crippen molar-refractivity contribution in [3.05, 3.63) is 150 Å². The van der Waals surface area contributed by atoms with E-state index in [-0.39, 0.29) is 11.0 Å². The van der Waals surface area contributed by atoms with E-state index in [0.29, 0.717) is 0 Å². The number of fused-ring (bicyclic) bond motifs is 8. The summed E-state index contributed by atoms with van der Waals surface area (Å²) in [6.07, 6.45) is 6.39. The smallest absolute Gasteiger partial charge is 0.295 e. The number of nitrogens with zero attached hydrogens (tertiary/aromatic N) is 3. The van der Waals surface area contributed by atoms with Crippen molar-refractivity contribution in [2.45, 2.75) is 84.7 Å². The van der Waals surface area contributed by atoms with Crippen LogP contribution in [0.1, 0.15) is 68.7 Å². The van der Waals surface area contributed by atoms with Crippen molar-refractivity contribution in [2.24, 2.45) is 0 Å². The van der Waals surface area contributed by atoms with Crippen molar-refractivity contribution >= 4 is 33.0 Å². The Balaban J connectivity index is 1.21. The number of para-hydroxylation sites is 4. The molecule has 0 saturated heterocycles. The number of furan rings is 1. The van der Waals surface area contributed by atoms with Crippen LogP contribution in [0.5, 0.6) is 0 Å². The number of rotatable bonds is 8. The molecule has 4 heterocycles. The molecule has 2 unspecified atom stereocenters. The molecule has 0 fully saturated rings. The lowest BCUT2D eigenvalue weighted by Gasteiger charge is -2.50. The van der Waals surface area contributed by atoms with Gasteiger partial charge in [0.15, 0.2) is 17.2 Å². The second-order valence-electron chi connectivity index (χ2n) is 15.5. The van der Waals surface area contributed by atoms with Gasteiger partial charge in [-0.3, -0.25) is 0 Å². The Morgan fingerprint density at radius 2 is 1.42 bits per heavy atom. The summed E-state index contributed by atoms with van der Waals surface area (Å²) >= 11 is 0. The fraction of sp³-hybridized carbons (Fsp3) is 0.265. The van der Waals surface area contributed by atoms with Crippen LogP contribution >= 0.6 is 0 Å². The normalized spacial score (nSPS) is 18.2. The van der Waals surface area contributed by atoms with E-state index in [2.05, 4.69) is 183 Å². The molecule has 5 aromatic carbocycles. The maximum Gasteiger partial charge on any atom is 0.295 e. The molecule has 0 radical (unpaired) electrons. The van der Waals surface area contributed by atoms with Gasteiger partial charge in [-0.25, -0.2) is 4.57 Å². The lowest BCUT2D eigenvalue weighted by Crippen LogP contribution is -2.69. The second-order valence-corrected chi connectivity index (χ2v) is 15.5. The van der Waals surface area contributed by atoms with Gasteiger partial charge in [0.1, 0.15) is 28.9 Å². The first-order valence-corrected chi connectivity index (χ1v) is 19.4. The number of benzene rings is 5. The molecule has 0 spiro atoms. The van der Waals surface area contributed by atoms with E-state index in [0.717, 1.165) is 43.4 Å². The minimum Gasteiger partial charge on any atom is -0.455 e. The molecule has 4 nitrogen and oxygen atoms in total. The van der Waals surface area contributed by atoms with Gasteiger partial charge in [0.2, 0.25) is 5.69 Å². The van der Waals surface area contributed by atoms with Crippen molar-refractivity contribution < 1.29 is 13.6 Å². The van der Waals surface area contributed by atoms with Gasteiger partial charge < -0.3 is 4.42 Å². The molecule has 2 atom stereocenters. The van der Waals surface area contributed by atoms with Crippen LogP contribution in [0.3, 0.4) is 0 Å². The standard InChI is InChI=1S/C49H49N3O/c1-7-48(6)39-23-11-9-22-38(39)47-51(45-34(4)19-17-20-35(45)5)40-24-12-13-25-41(40)52(47)49(48,8-2)30-18-32-50-31-16-15-26-42(50)44-33(3)28-29-37-36-21-10-14-27-43(36)53-46(37)44/h9-17,19-29,31H,7-8,18,30,32H2,1-6H3/q+2. The Morgan fingerprint density at radius 3 is 2.23 bits per heavy atom. The predicted octanol–water partition coefficient (Wildman–Crippen LogP) is 11.6. The van der Waals surface area contributed by atoms with E-state index in [1.165, 1.54) is 72.4 Å². The predicted molar refractivity (Wildman–Crippen MR) is 218 cm³/mol. The lowest BCUT2D eigenvalue weighted by atomic mass is 9.58. The number of aromatic nitrogens is 3. The molecule has 0 bridgehead atoms. The highest BCUT2D eigenvalue weighted by atomic mass is 16.3. The summed E-state index contributed by atoms with van der Waals surface area (Å²) in [4.78, 5) is 0. The maximum atomic E-state index is 6.60. The summed E-state index contributed by atoms with van der Waals surface area (Å²) in [5.74, 6) is 1.30. The van der Waals surface area contributed by atoms with Gasteiger partial charge in [0, 0.05) is 34.7 Å². The molecule has 1 aliphatic heterocycles. The van der Waals surface area contributed by atoms with E-state index in [1.807, 2.05) is 0 Å². The highest BCUT2D eigenvalue weighted by molar-refractivity contribution is 6.09. The van der Waals surface area contributed by atoms with E-state index >= 15 is 0 Å². The Morgan fingerprint density at radius 1 is 0.679 bits per heavy atom. The van der Waals surface area contributed by atoms with E-state index in [1.54, 1.807) is 0 Å². The summed E-state index contributed by atoms with van der Waals surface area (Å²) in [5.41, 5.74) is 14.5. The molecule has 3 aromatic heterocycles. The van der Waals surface area contributed by atoms with E-state index < -0.39 is 0 Å². The van der Waals surface area contributed by atoms with Gasteiger partial charge in [-0.05, 0) is 92.6 Å². The third-order valence-electron chi connectivity index (χ3n) is 12.9. The number of imidazole rings is 1.